The van der Waals surface area contributed by atoms with Crippen LogP contribution in [0.25, 0.3) is 6.08 Å². The average molecular weight is 479 g/mol. The third-order valence-electron chi connectivity index (χ3n) is 5.21. The lowest BCUT2D eigenvalue weighted by atomic mass is 9.89. The van der Waals surface area contributed by atoms with Gasteiger partial charge in [-0.15, -0.1) is 0 Å². The highest BCUT2D eigenvalue weighted by Crippen LogP contribution is 2.35. The summed E-state index contributed by atoms with van der Waals surface area (Å²) in [6, 6.07) is 4.96. The van der Waals surface area contributed by atoms with Crippen molar-refractivity contribution in [1.82, 2.24) is 10.4 Å². The van der Waals surface area contributed by atoms with Crippen molar-refractivity contribution in [3.05, 3.63) is 28.7 Å². The summed E-state index contributed by atoms with van der Waals surface area (Å²) in [6.07, 6.45) is 5.43. The standard InChI is InChI=1S/C22H26N2O6S2/c1-3-29-17-11-14(9-10-16(17)30-13(2)21(27)28)12-18-20(26)24(22(31)32-18)23-19(25)15-7-5-4-6-8-15/h9-13,15H,3-8H2,1-2H3,(H,23,25)(H,27,28)/b18-12+. The molecule has 2 amide bonds. The Balaban J connectivity index is 1.75. The zero-order chi connectivity index (χ0) is 23.3. The molecule has 1 aromatic rings. The third kappa shape index (κ3) is 5.80. The Kier molecular flexibility index (Phi) is 8.14. The lowest BCUT2D eigenvalue weighted by Crippen LogP contribution is -2.47. The number of rotatable bonds is 8. The van der Waals surface area contributed by atoms with Crippen LogP contribution < -0.4 is 14.9 Å². The molecule has 1 aliphatic carbocycles. The Labute approximate surface area is 196 Å². The summed E-state index contributed by atoms with van der Waals surface area (Å²) in [7, 11) is 0. The number of hydrogen-bond donors (Lipinski definition) is 2. The monoisotopic (exact) mass is 478 g/mol. The number of thioether (sulfide) groups is 1. The van der Waals surface area contributed by atoms with E-state index in [2.05, 4.69) is 5.43 Å². The molecule has 1 saturated heterocycles. The van der Waals surface area contributed by atoms with Gasteiger partial charge in [-0.25, -0.2) is 4.79 Å². The Morgan fingerprint density at radius 1 is 1.31 bits per heavy atom. The van der Waals surface area contributed by atoms with E-state index in [9.17, 15) is 14.4 Å². The molecule has 1 heterocycles. The van der Waals surface area contributed by atoms with Crippen molar-refractivity contribution in [1.29, 1.82) is 0 Å². The second kappa shape index (κ2) is 10.8. The van der Waals surface area contributed by atoms with Gasteiger partial charge in [-0.1, -0.05) is 37.1 Å². The molecule has 1 atom stereocenters. The molecule has 1 unspecified atom stereocenters. The number of carbonyl (C=O) groups excluding carboxylic acids is 2. The molecule has 0 spiro atoms. The van der Waals surface area contributed by atoms with Crippen LogP contribution in [-0.2, 0) is 14.4 Å². The Morgan fingerprint density at radius 3 is 2.69 bits per heavy atom. The fraction of sp³-hybridized carbons (Fsp3) is 0.455. The van der Waals surface area contributed by atoms with Crippen LogP contribution in [0.4, 0.5) is 0 Å². The highest BCUT2D eigenvalue weighted by Gasteiger charge is 2.35. The van der Waals surface area contributed by atoms with Gasteiger partial charge in [0.25, 0.3) is 5.91 Å². The van der Waals surface area contributed by atoms with Crippen LogP contribution in [0.3, 0.4) is 0 Å². The Hall–Kier alpha value is -2.59. The van der Waals surface area contributed by atoms with E-state index in [0.717, 1.165) is 48.9 Å². The fourth-order valence-electron chi connectivity index (χ4n) is 3.50. The van der Waals surface area contributed by atoms with Crippen molar-refractivity contribution in [2.45, 2.75) is 52.1 Å². The maximum absolute atomic E-state index is 12.8. The van der Waals surface area contributed by atoms with E-state index < -0.39 is 12.1 Å². The quantitative estimate of drug-likeness (QED) is 0.430. The molecule has 0 radical (unpaired) electrons. The zero-order valence-corrected chi connectivity index (χ0v) is 19.6. The van der Waals surface area contributed by atoms with E-state index in [0.29, 0.717) is 28.6 Å². The summed E-state index contributed by atoms with van der Waals surface area (Å²) in [4.78, 5) is 36.8. The lowest BCUT2D eigenvalue weighted by Gasteiger charge is -2.23. The maximum atomic E-state index is 12.8. The first kappa shape index (κ1) is 24.1. The molecule has 2 aliphatic rings. The number of hydrogen-bond acceptors (Lipinski definition) is 7. The highest BCUT2D eigenvalue weighted by atomic mass is 32.2. The van der Waals surface area contributed by atoms with Gasteiger partial charge in [-0.2, -0.15) is 5.01 Å². The maximum Gasteiger partial charge on any atom is 0.344 e. The lowest BCUT2D eigenvalue weighted by molar-refractivity contribution is -0.144. The van der Waals surface area contributed by atoms with E-state index in [4.69, 9.17) is 26.8 Å². The van der Waals surface area contributed by atoms with Gasteiger partial charge >= 0.3 is 5.97 Å². The van der Waals surface area contributed by atoms with Crippen molar-refractivity contribution in [3.8, 4) is 11.5 Å². The van der Waals surface area contributed by atoms with Crippen LogP contribution in [0.5, 0.6) is 11.5 Å². The van der Waals surface area contributed by atoms with Gasteiger partial charge < -0.3 is 14.6 Å². The van der Waals surface area contributed by atoms with Gasteiger partial charge in [-0.05, 0) is 62.7 Å². The van der Waals surface area contributed by atoms with Crippen LogP contribution in [-0.4, -0.2) is 44.9 Å². The number of ether oxygens (including phenoxy) is 2. The third-order valence-corrected chi connectivity index (χ3v) is 6.51. The molecule has 3 rings (SSSR count). The minimum absolute atomic E-state index is 0.0909. The number of hydrazine groups is 1. The number of carboxylic acid groups (broad SMARTS) is 1. The number of benzene rings is 1. The normalized spacial score (nSPS) is 19.2. The number of nitrogens with one attached hydrogen (secondary N) is 1. The van der Waals surface area contributed by atoms with Crippen molar-refractivity contribution < 1.29 is 29.0 Å². The molecular weight excluding hydrogens is 452 g/mol. The predicted octanol–water partition coefficient (Wildman–Crippen LogP) is 3.75. The number of carbonyl (C=O) groups is 3. The molecule has 10 heteroatoms. The van der Waals surface area contributed by atoms with Gasteiger partial charge in [0.1, 0.15) is 0 Å². The molecule has 1 aromatic carbocycles. The van der Waals surface area contributed by atoms with Crippen molar-refractivity contribution in [2.24, 2.45) is 5.92 Å². The largest absolute Gasteiger partial charge is 0.490 e. The highest BCUT2D eigenvalue weighted by molar-refractivity contribution is 8.26. The van der Waals surface area contributed by atoms with Crippen molar-refractivity contribution in [3.63, 3.8) is 0 Å². The average Bonchev–Trinajstić information content (AvgIpc) is 3.03. The van der Waals surface area contributed by atoms with Crippen LogP contribution in [0, 0.1) is 5.92 Å². The molecular formula is C22H26N2O6S2. The van der Waals surface area contributed by atoms with Crippen molar-refractivity contribution in [2.75, 3.05) is 6.61 Å². The summed E-state index contributed by atoms with van der Waals surface area (Å²) in [5, 5.41) is 10.2. The minimum atomic E-state index is -1.09. The van der Waals surface area contributed by atoms with Crippen LogP contribution >= 0.6 is 24.0 Å². The molecule has 2 fully saturated rings. The van der Waals surface area contributed by atoms with E-state index in [-0.39, 0.29) is 22.1 Å². The molecule has 1 aliphatic heterocycles. The van der Waals surface area contributed by atoms with Crippen LogP contribution in [0.15, 0.2) is 23.1 Å². The first-order chi connectivity index (χ1) is 15.3. The van der Waals surface area contributed by atoms with Gasteiger partial charge in [-0.3, -0.25) is 15.0 Å². The summed E-state index contributed by atoms with van der Waals surface area (Å²) in [5.41, 5.74) is 3.33. The summed E-state index contributed by atoms with van der Waals surface area (Å²) in [6.45, 7) is 3.59. The van der Waals surface area contributed by atoms with Crippen LogP contribution in [0.2, 0.25) is 0 Å². The smallest absolute Gasteiger partial charge is 0.344 e. The van der Waals surface area contributed by atoms with E-state index in [1.165, 1.54) is 6.92 Å². The Bertz CT molecular complexity index is 942. The summed E-state index contributed by atoms with van der Waals surface area (Å²) in [5.74, 6) is -1.07. The topological polar surface area (TPSA) is 105 Å². The van der Waals surface area contributed by atoms with E-state index in [1.807, 2.05) is 0 Å². The number of amides is 2. The van der Waals surface area contributed by atoms with Crippen LogP contribution in [0.1, 0.15) is 51.5 Å². The number of nitrogens with zero attached hydrogens (tertiary/aromatic N) is 1. The zero-order valence-electron chi connectivity index (χ0n) is 18.0. The first-order valence-electron chi connectivity index (χ1n) is 10.5. The molecule has 2 N–H and O–H groups in total. The molecule has 32 heavy (non-hydrogen) atoms. The minimum Gasteiger partial charge on any atom is -0.490 e. The fourth-order valence-corrected chi connectivity index (χ4v) is 4.68. The van der Waals surface area contributed by atoms with Gasteiger partial charge in [0, 0.05) is 5.92 Å². The van der Waals surface area contributed by atoms with Gasteiger partial charge in [0.2, 0.25) is 5.91 Å². The predicted molar refractivity (Wildman–Crippen MR) is 125 cm³/mol. The molecule has 8 nitrogen and oxygen atoms in total. The summed E-state index contributed by atoms with van der Waals surface area (Å²) >= 11 is 6.41. The number of carboxylic acids is 1. The molecule has 0 bridgehead atoms. The number of thiocarbonyl (C=S) groups is 1. The van der Waals surface area contributed by atoms with E-state index >= 15 is 0 Å². The molecule has 1 saturated carbocycles. The summed E-state index contributed by atoms with van der Waals surface area (Å²) < 4.78 is 11.3. The first-order valence-corrected chi connectivity index (χ1v) is 11.8. The Morgan fingerprint density at radius 2 is 2.03 bits per heavy atom. The number of aliphatic carboxylic acids is 1. The van der Waals surface area contributed by atoms with Gasteiger partial charge in [0.05, 0.1) is 11.5 Å². The second-order valence-corrected chi connectivity index (χ2v) is 9.24. The van der Waals surface area contributed by atoms with Gasteiger partial charge in [0.15, 0.2) is 21.9 Å². The van der Waals surface area contributed by atoms with Crippen molar-refractivity contribution >= 4 is 52.2 Å². The second-order valence-electron chi connectivity index (χ2n) is 7.57. The van der Waals surface area contributed by atoms with E-state index in [1.54, 1.807) is 31.2 Å². The SMILES string of the molecule is CCOc1cc(/C=C2/SC(=S)N(NC(=O)C3CCCCC3)C2=O)ccc1OC(C)C(=O)O. The molecule has 172 valence electrons. The molecule has 0 aromatic heterocycles.